The Kier molecular flexibility index (Phi) is 5.07. The van der Waals surface area contributed by atoms with Crippen molar-refractivity contribution >= 4 is 12.0 Å². The number of hydrogen-bond acceptors (Lipinski definition) is 3. The van der Waals surface area contributed by atoms with Crippen molar-refractivity contribution < 1.29 is 32.6 Å². The molecular weight excluding hydrogens is 317 g/mol. The molecule has 2 N–H and O–H groups in total. The molecule has 1 heterocycles. The average molecular weight is 338 g/mol. The van der Waals surface area contributed by atoms with E-state index in [4.69, 9.17) is 9.84 Å². The maximum atomic E-state index is 12.9. The van der Waals surface area contributed by atoms with E-state index in [2.05, 4.69) is 5.32 Å². The van der Waals surface area contributed by atoms with E-state index in [1.54, 1.807) is 7.11 Å². The molecule has 9 heteroatoms. The van der Waals surface area contributed by atoms with E-state index in [1.165, 1.54) is 0 Å². The number of urea groups is 1. The number of carbonyl (C=O) groups excluding carboxylic acids is 1. The number of rotatable bonds is 5. The van der Waals surface area contributed by atoms with Gasteiger partial charge >= 0.3 is 18.2 Å². The molecule has 0 aromatic rings. The normalized spacial score (nSPS) is 26.7. The Morgan fingerprint density at radius 1 is 1.35 bits per heavy atom. The van der Waals surface area contributed by atoms with Gasteiger partial charge in [-0.1, -0.05) is 6.42 Å². The highest BCUT2D eigenvalue weighted by Crippen LogP contribution is 2.41. The van der Waals surface area contributed by atoms with Crippen molar-refractivity contribution in [3.8, 4) is 0 Å². The fraction of sp³-hybridized carbons (Fsp3) is 0.857. The van der Waals surface area contributed by atoms with Gasteiger partial charge in [0.15, 0.2) is 0 Å². The van der Waals surface area contributed by atoms with Crippen LogP contribution < -0.4 is 5.32 Å². The Hall–Kier alpha value is -1.51. The van der Waals surface area contributed by atoms with Crippen LogP contribution in [0.15, 0.2) is 0 Å². The quantitative estimate of drug-likeness (QED) is 0.800. The van der Waals surface area contributed by atoms with Crippen LogP contribution in [0.3, 0.4) is 0 Å². The molecule has 1 saturated heterocycles. The van der Waals surface area contributed by atoms with Crippen molar-refractivity contribution in [2.24, 2.45) is 17.3 Å². The van der Waals surface area contributed by atoms with Crippen LogP contribution in [0.2, 0.25) is 0 Å². The number of nitrogens with one attached hydrogen (secondary N) is 1. The lowest BCUT2D eigenvalue weighted by Gasteiger charge is -2.41. The predicted molar refractivity (Wildman–Crippen MR) is 73.8 cm³/mol. The highest BCUT2D eigenvalue weighted by Gasteiger charge is 2.53. The fourth-order valence-corrected chi connectivity index (χ4v) is 3.28. The lowest BCUT2D eigenvalue weighted by Crippen LogP contribution is -2.48. The summed E-state index contributed by atoms with van der Waals surface area (Å²) >= 11 is 0. The third kappa shape index (κ3) is 3.88. The number of carboxylic acids is 1. The summed E-state index contributed by atoms with van der Waals surface area (Å²) in [5, 5.41) is 11.6. The van der Waals surface area contributed by atoms with Crippen molar-refractivity contribution in [1.29, 1.82) is 0 Å². The van der Waals surface area contributed by atoms with Gasteiger partial charge < -0.3 is 20.1 Å². The van der Waals surface area contributed by atoms with Gasteiger partial charge in [-0.3, -0.25) is 4.79 Å². The summed E-state index contributed by atoms with van der Waals surface area (Å²) in [4.78, 5) is 24.0. The number of ether oxygens (including phenoxy) is 1. The molecule has 23 heavy (non-hydrogen) atoms. The van der Waals surface area contributed by atoms with Gasteiger partial charge in [-0.15, -0.1) is 0 Å². The second kappa shape index (κ2) is 6.54. The zero-order chi connectivity index (χ0) is 17.3. The molecule has 2 atom stereocenters. The number of carbonyl (C=O) groups is 2. The van der Waals surface area contributed by atoms with Gasteiger partial charge in [-0.25, -0.2) is 4.79 Å². The van der Waals surface area contributed by atoms with Gasteiger partial charge in [0, 0.05) is 32.2 Å². The monoisotopic (exact) mass is 338 g/mol. The molecule has 2 amide bonds. The van der Waals surface area contributed by atoms with Crippen LogP contribution in [-0.2, 0) is 9.53 Å². The maximum Gasteiger partial charge on any atom is 0.394 e. The maximum absolute atomic E-state index is 12.9. The molecule has 1 aliphatic carbocycles. The number of likely N-dealkylation sites (tertiary alicyclic amines) is 1. The summed E-state index contributed by atoms with van der Waals surface area (Å²) in [6.07, 6.45) is -1.82. The van der Waals surface area contributed by atoms with E-state index >= 15 is 0 Å². The van der Waals surface area contributed by atoms with Crippen molar-refractivity contribution in [3.63, 3.8) is 0 Å². The highest BCUT2D eigenvalue weighted by molar-refractivity contribution is 5.77. The number of carboxylic acid groups (broad SMARTS) is 1. The van der Waals surface area contributed by atoms with E-state index in [0.29, 0.717) is 13.2 Å². The van der Waals surface area contributed by atoms with Gasteiger partial charge in [0.1, 0.15) is 0 Å². The Balaban J connectivity index is 1.94. The molecule has 2 rings (SSSR count). The number of hydrogen-bond donors (Lipinski definition) is 2. The van der Waals surface area contributed by atoms with E-state index in [-0.39, 0.29) is 5.41 Å². The second-order valence-electron chi connectivity index (χ2n) is 6.44. The van der Waals surface area contributed by atoms with Gasteiger partial charge in [0.25, 0.3) is 0 Å². The minimum atomic E-state index is -4.64. The first-order chi connectivity index (χ1) is 10.7. The third-order valence-corrected chi connectivity index (χ3v) is 4.82. The van der Waals surface area contributed by atoms with E-state index < -0.39 is 43.1 Å². The second-order valence-corrected chi connectivity index (χ2v) is 6.44. The van der Waals surface area contributed by atoms with Crippen LogP contribution in [0, 0.1) is 17.3 Å². The first kappa shape index (κ1) is 17.8. The van der Waals surface area contributed by atoms with E-state index in [1.807, 2.05) is 0 Å². The minimum absolute atomic E-state index is 0.153. The largest absolute Gasteiger partial charge is 0.481 e. The van der Waals surface area contributed by atoms with E-state index in [9.17, 15) is 22.8 Å². The molecule has 0 bridgehead atoms. The molecule has 2 aliphatic rings. The molecule has 0 aromatic carbocycles. The summed E-state index contributed by atoms with van der Waals surface area (Å²) in [6.45, 7) is -0.243. The number of aliphatic carboxylic acids is 1. The topological polar surface area (TPSA) is 78.9 Å². The van der Waals surface area contributed by atoms with E-state index in [0.717, 1.165) is 24.2 Å². The van der Waals surface area contributed by atoms with Crippen LogP contribution in [0.4, 0.5) is 18.0 Å². The Morgan fingerprint density at radius 3 is 2.39 bits per heavy atom. The molecule has 1 saturated carbocycles. The number of nitrogens with zero attached hydrogens (tertiary/aromatic N) is 1. The molecule has 0 radical (unpaired) electrons. The summed E-state index contributed by atoms with van der Waals surface area (Å²) in [7, 11) is 1.56. The lowest BCUT2D eigenvalue weighted by atomic mass is 9.69. The predicted octanol–water partition coefficient (Wildman–Crippen LogP) is 1.71. The van der Waals surface area contributed by atoms with Gasteiger partial charge in [0.2, 0.25) is 0 Å². The number of halogens is 3. The Labute approximate surface area is 132 Å². The molecule has 0 aromatic heterocycles. The van der Waals surface area contributed by atoms with Crippen molar-refractivity contribution in [2.75, 3.05) is 33.4 Å². The lowest BCUT2D eigenvalue weighted by molar-refractivity contribution is -0.187. The van der Waals surface area contributed by atoms with Crippen molar-refractivity contribution in [2.45, 2.75) is 25.4 Å². The molecule has 2 fully saturated rings. The van der Waals surface area contributed by atoms with Crippen molar-refractivity contribution in [1.82, 2.24) is 10.2 Å². The number of alkyl halides is 3. The third-order valence-electron chi connectivity index (χ3n) is 4.82. The first-order valence-electron chi connectivity index (χ1n) is 7.50. The zero-order valence-electron chi connectivity index (χ0n) is 12.9. The molecule has 1 aliphatic heterocycles. The molecule has 132 valence electrons. The van der Waals surface area contributed by atoms with Crippen molar-refractivity contribution in [3.05, 3.63) is 0 Å². The Morgan fingerprint density at radius 2 is 2.00 bits per heavy atom. The minimum Gasteiger partial charge on any atom is -0.481 e. The Bertz CT molecular complexity index is 465. The number of amides is 2. The van der Waals surface area contributed by atoms with Crippen LogP contribution in [0.5, 0.6) is 0 Å². The molecule has 0 unspecified atom stereocenters. The molecule has 0 spiro atoms. The smallest absolute Gasteiger partial charge is 0.394 e. The van der Waals surface area contributed by atoms with Gasteiger partial charge in [-0.2, -0.15) is 13.2 Å². The molecule has 6 nitrogen and oxygen atoms in total. The van der Waals surface area contributed by atoms with Crippen LogP contribution in [-0.4, -0.2) is 61.5 Å². The fourth-order valence-electron chi connectivity index (χ4n) is 3.28. The summed E-state index contributed by atoms with van der Waals surface area (Å²) in [5.41, 5.74) is -0.153. The van der Waals surface area contributed by atoms with Crippen LogP contribution in [0.1, 0.15) is 19.3 Å². The van der Waals surface area contributed by atoms with Crippen LogP contribution >= 0.6 is 0 Å². The van der Waals surface area contributed by atoms with Gasteiger partial charge in [0.05, 0.1) is 18.4 Å². The molecular formula is C14H21F3N2O4. The van der Waals surface area contributed by atoms with Gasteiger partial charge in [-0.05, 0) is 12.8 Å². The summed E-state index contributed by atoms with van der Waals surface area (Å²) in [6, 6.07) is -0.648. The zero-order valence-corrected chi connectivity index (χ0v) is 12.9. The summed E-state index contributed by atoms with van der Waals surface area (Å²) < 4.78 is 43.9. The number of methoxy groups -OCH3 is 1. The van der Waals surface area contributed by atoms with Crippen LogP contribution in [0.25, 0.3) is 0 Å². The highest BCUT2D eigenvalue weighted by atomic mass is 19.4. The standard InChI is InChI=1S/C14H21F3N2O4/c1-23-8-13(3-2-4-13)7-18-12(22)19-5-9(11(20)21)10(6-19)14(15,16)17/h9-10H,2-8H2,1H3,(H,18,22)(H,20,21)/t9-,10-/m1/s1. The summed E-state index contributed by atoms with van der Waals surface area (Å²) in [5.74, 6) is -5.17. The average Bonchev–Trinajstić information content (AvgIpc) is 2.86. The SMILES string of the molecule is COCC1(CNC(=O)N2C[C@@H](C(F)(F)F)[C@H](C(=O)O)C2)CCC1. The first-order valence-corrected chi connectivity index (χ1v) is 7.50.